The maximum absolute atomic E-state index is 13.8. The van der Waals surface area contributed by atoms with Gasteiger partial charge in [0.15, 0.2) is 10.8 Å². The lowest BCUT2D eigenvalue weighted by atomic mass is 9.97. The van der Waals surface area contributed by atoms with Crippen molar-refractivity contribution in [2.24, 2.45) is 5.92 Å². The van der Waals surface area contributed by atoms with Crippen molar-refractivity contribution in [2.75, 3.05) is 23.3 Å². The van der Waals surface area contributed by atoms with E-state index in [-0.39, 0.29) is 29.6 Å². The molecule has 1 aliphatic carbocycles. The highest BCUT2D eigenvalue weighted by Crippen LogP contribution is 2.30. The lowest BCUT2D eigenvalue weighted by molar-refractivity contribution is -0.125. The molecule has 3 heterocycles. The highest BCUT2D eigenvalue weighted by molar-refractivity contribution is 7.22. The fraction of sp³-hybridized carbons (Fsp3) is 0.409. The first-order valence-corrected chi connectivity index (χ1v) is 11.8. The van der Waals surface area contributed by atoms with E-state index in [2.05, 4.69) is 20.6 Å². The van der Waals surface area contributed by atoms with Gasteiger partial charge in [-0.05, 0) is 37.8 Å². The number of rotatable bonds is 6. The predicted octanol–water partition coefficient (Wildman–Crippen LogP) is 2.13. The average molecular weight is 471 g/mol. The number of hydrogen-bond donors (Lipinski definition) is 2. The number of aromatic nitrogens is 3. The number of halogens is 1. The standard InChI is InChI=1S/C22H23FN6O3S/c23-15-5-1-2-6-16(15)26-17(30)11-29-12-24-19-18(21(29)32)33-22(27-19)28-9-3-4-13(10-28)20(31)25-14-7-8-14/h1-2,5-6,12-14H,3-4,7-11H2,(H,25,31)(H,26,30)/t13-/m1/s1. The van der Waals surface area contributed by atoms with Crippen molar-refractivity contribution in [1.82, 2.24) is 19.9 Å². The maximum Gasteiger partial charge on any atom is 0.273 e. The van der Waals surface area contributed by atoms with Crippen LogP contribution in [-0.2, 0) is 16.1 Å². The summed E-state index contributed by atoms with van der Waals surface area (Å²) < 4.78 is 15.3. The molecular weight excluding hydrogens is 447 g/mol. The van der Waals surface area contributed by atoms with E-state index in [9.17, 15) is 18.8 Å². The van der Waals surface area contributed by atoms with Crippen LogP contribution in [0.3, 0.4) is 0 Å². The second-order valence-corrected chi connectivity index (χ2v) is 9.40. The molecule has 172 valence electrons. The molecular formula is C22H23FN6O3S. The number of benzene rings is 1. The van der Waals surface area contributed by atoms with Crippen LogP contribution in [0.15, 0.2) is 35.4 Å². The highest BCUT2D eigenvalue weighted by atomic mass is 32.1. The van der Waals surface area contributed by atoms with Crippen LogP contribution in [-0.4, -0.2) is 45.5 Å². The Kier molecular flexibility index (Phi) is 5.79. The van der Waals surface area contributed by atoms with Gasteiger partial charge >= 0.3 is 0 Å². The van der Waals surface area contributed by atoms with Gasteiger partial charge in [-0.3, -0.25) is 19.0 Å². The molecule has 1 saturated heterocycles. The van der Waals surface area contributed by atoms with Crippen molar-refractivity contribution in [3.8, 4) is 0 Å². The van der Waals surface area contributed by atoms with E-state index in [4.69, 9.17) is 0 Å². The van der Waals surface area contributed by atoms with Gasteiger partial charge in [0.05, 0.1) is 11.6 Å². The molecule has 5 rings (SSSR count). The number of para-hydroxylation sites is 1. The minimum atomic E-state index is -0.551. The van der Waals surface area contributed by atoms with Gasteiger partial charge in [-0.25, -0.2) is 9.37 Å². The predicted molar refractivity (Wildman–Crippen MR) is 123 cm³/mol. The molecule has 33 heavy (non-hydrogen) atoms. The van der Waals surface area contributed by atoms with Crippen molar-refractivity contribution in [1.29, 1.82) is 0 Å². The molecule has 11 heteroatoms. The number of piperidine rings is 1. The topological polar surface area (TPSA) is 109 Å². The number of carbonyl (C=O) groups excluding carboxylic acids is 2. The quantitative estimate of drug-likeness (QED) is 0.571. The molecule has 2 aromatic heterocycles. The van der Waals surface area contributed by atoms with Crippen LogP contribution in [0.2, 0.25) is 0 Å². The summed E-state index contributed by atoms with van der Waals surface area (Å²) >= 11 is 1.21. The molecule has 1 aliphatic heterocycles. The van der Waals surface area contributed by atoms with Gasteiger partial charge in [-0.2, -0.15) is 4.98 Å². The van der Waals surface area contributed by atoms with Crippen LogP contribution in [0.4, 0.5) is 15.2 Å². The summed E-state index contributed by atoms with van der Waals surface area (Å²) in [6.07, 6.45) is 5.08. The zero-order valence-electron chi connectivity index (χ0n) is 17.8. The van der Waals surface area contributed by atoms with Gasteiger partial charge in [0.25, 0.3) is 5.56 Å². The SMILES string of the molecule is O=C(Cn1cnc2nc(N3CCC[C@@H](C(=O)NC4CC4)C3)sc2c1=O)Nc1ccccc1F. The molecule has 2 amide bonds. The fourth-order valence-corrected chi connectivity index (χ4v) is 4.91. The number of hydrogen-bond acceptors (Lipinski definition) is 7. The summed E-state index contributed by atoms with van der Waals surface area (Å²) in [6, 6.07) is 6.16. The maximum atomic E-state index is 13.8. The number of thiazole rings is 1. The average Bonchev–Trinajstić information content (AvgIpc) is 3.51. The van der Waals surface area contributed by atoms with Crippen LogP contribution in [0, 0.1) is 11.7 Å². The molecule has 3 aromatic rings. The first-order chi connectivity index (χ1) is 16.0. The van der Waals surface area contributed by atoms with Crippen LogP contribution in [0.1, 0.15) is 25.7 Å². The van der Waals surface area contributed by atoms with E-state index >= 15 is 0 Å². The Labute approximate surface area is 192 Å². The van der Waals surface area contributed by atoms with E-state index in [1.54, 1.807) is 6.07 Å². The fourth-order valence-electron chi connectivity index (χ4n) is 3.90. The lowest BCUT2D eigenvalue weighted by Crippen LogP contribution is -2.43. The highest BCUT2D eigenvalue weighted by Gasteiger charge is 2.31. The normalized spacial score (nSPS) is 18.3. The van der Waals surface area contributed by atoms with Gasteiger partial charge in [0.1, 0.15) is 23.4 Å². The van der Waals surface area contributed by atoms with Crippen LogP contribution < -0.4 is 21.1 Å². The van der Waals surface area contributed by atoms with Crippen molar-refractivity contribution in [3.05, 3.63) is 46.8 Å². The number of anilines is 2. The van der Waals surface area contributed by atoms with Crippen molar-refractivity contribution < 1.29 is 14.0 Å². The molecule has 0 bridgehead atoms. The Morgan fingerprint density at radius 1 is 1.21 bits per heavy atom. The Balaban J connectivity index is 1.31. The minimum absolute atomic E-state index is 0.0510. The minimum Gasteiger partial charge on any atom is -0.353 e. The molecule has 0 radical (unpaired) electrons. The van der Waals surface area contributed by atoms with Gasteiger partial charge < -0.3 is 15.5 Å². The van der Waals surface area contributed by atoms with Crippen LogP contribution in [0.25, 0.3) is 10.3 Å². The number of nitrogens with zero attached hydrogens (tertiary/aromatic N) is 4. The second kappa shape index (κ2) is 8.89. The largest absolute Gasteiger partial charge is 0.353 e. The van der Waals surface area contributed by atoms with E-state index in [1.807, 2.05) is 4.90 Å². The van der Waals surface area contributed by atoms with Crippen LogP contribution >= 0.6 is 11.3 Å². The number of fused-ring (bicyclic) bond motifs is 1. The molecule has 0 unspecified atom stereocenters. The van der Waals surface area contributed by atoms with Gasteiger partial charge in [0.2, 0.25) is 11.8 Å². The van der Waals surface area contributed by atoms with E-state index in [0.29, 0.717) is 28.1 Å². The second-order valence-electron chi connectivity index (χ2n) is 8.42. The third-order valence-corrected chi connectivity index (χ3v) is 6.91. The molecule has 0 spiro atoms. The van der Waals surface area contributed by atoms with E-state index in [0.717, 1.165) is 32.2 Å². The summed E-state index contributed by atoms with van der Waals surface area (Å²) in [4.78, 5) is 48.5. The van der Waals surface area contributed by atoms with Gasteiger partial charge in [-0.15, -0.1) is 0 Å². The molecule has 1 atom stereocenters. The summed E-state index contributed by atoms with van der Waals surface area (Å²) in [7, 11) is 0. The molecule has 1 saturated carbocycles. The third kappa shape index (κ3) is 4.72. The molecule has 2 fully saturated rings. The van der Waals surface area contributed by atoms with Gasteiger partial charge in [-0.1, -0.05) is 23.5 Å². The first kappa shape index (κ1) is 21.5. The summed E-state index contributed by atoms with van der Waals surface area (Å²) in [6.45, 7) is 1.01. The molecule has 2 aliphatic rings. The Hall–Kier alpha value is -3.34. The summed E-state index contributed by atoms with van der Waals surface area (Å²) in [5, 5.41) is 6.18. The monoisotopic (exact) mass is 470 g/mol. The van der Waals surface area contributed by atoms with Crippen molar-refractivity contribution >= 4 is 44.3 Å². The van der Waals surface area contributed by atoms with Crippen molar-refractivity contribution in [2.45, 2.75) is 38.3 Å². The zero-order valence-corrected chi connectivity index (χ0v) is 18.6. The molecule has 1 aromatic carbocycles. The van der Waals surface area contributed by atoms with Crippen LogP contribution in [0.5, 0.6) is 0 Å². The lowest BCUT2D eigenvalue weighted by Gasteiger charge is -2.31. The van der Waals surface area contributed by atoms with Gasteiger partial charge in [0, 0.05) is 19.1 Å². The molecule has 2 N–H and O–H groups in total. The number of carbonyl (C=O) groups is 2. The van der Waals surface area contributed by atoms with Crippen molar-refractivity contribution in [3.63, 3.8) is 0 Å². The number of amides is 2. The van der Waals surface area contributed by atoms with E-state index < -0.39 is 11.7 Å². The molecule has 9 nitrogen and oxygen atoms in total. The smallest absolute Gasteiger partial charge is 0.273 e. The Morgan fingerprint density at radius 3 is 2.82 bits per heavy atom. The summed E-state index contributed by atoms with van der Waals surface area (Å²) in [5.41, 5.74) is -0.0159. The Bertz CT molecular complexity index is 1270. The third-order valence-electron chi connectivity index (χ3n) is 5.82. The Morgan fingerprint density at radius 2 is 2.03 bits per heavy atom. The first-order valence-electron chi connectivity index (χ1n) is 10.9. The zero-order chi connectivity index (χ0) is 22.9. The number of nitrogens with one attached hydrogen (secondary N) is 2. The summed E-state index contributed by atoms with van der Waals surface area (Å²) in [5.74, 6) is -1.10. The van der Waals surface area contributed by atoms with E-state index in [1.165, 1.54) is 40.4 Å².